The van der Waals surface area contributed by atoms with Gasteiger partial charge in [-0.25, -0.2) is 4.79 Å². The van der Waals surface area contributed by atoms with Gasteiger partial charge in [-0.2, -0.15) is 0 Å². The van der Waals surface area contributed by atoms with Crippen molar-refractivity contribution in [2.75, 3.05) is 14.2 Å². The van der Waals surface area contributed by atoms with Gasteiger partial charge in [0.1, 0.15) is 6.61 Å². The Bertz CT molecular complexity index is 1440. The molecule has 1 aliphatic carbocycles. The van der Waals surface area contributed by atoms with Crippen molar-refractivity contribution in [2.45, 2.75) is 19.4 Å². The van der Waals surface area contributed by atoms with E-state index in [2.05, 4.69) is 27.9 Å². The minimum Gasteiger partial charge on any atom is -0.493 e. The minimum absolute atomic E-state index is 0.106. The van der Waals surface area contributed by atoms with Crippen molar-refractivity contribution >= 4 is 40.0 Å². The monoisotopic (exact) mass is 593 g/mol. The number of methoxy groups -OCH3 is 2. The maximum absolute atomic E-state index is 13.6. The average Bonchev–Trinajstić information content (AvgIpc) is 3.18. The molecule has 3 aromatic rings. The summed E-state index contributed by atoms with van der Waals surface area (Å²) in [7, 11) is 2.93. The van der Waals surface area contributed by atoms with E-state index in [-0.39, 0.29) is 5.78 Å². The second kappa shape index (κ2) is 9.81. The van der Waals surface area contributed by atoms with Gasteiger partial charge in [0, 0.05) is 28.3 Å². The Morgan fingerprint density at radius 3 is 2.39 bits per heavy atom. The number of benzene rings is 3. The first-order chi connectivity index (χ1) is 17.4. The van der Waals surface area contributed by atoms with E-state index >= 15 is 0 Å². The number of ether oxygens (including phenoxy) is 3. The number of halogens is 1. The van der Waals surface area contributed by atoms with Crippen molar-refractivity contribution in [1.29, 1.82) is 0 Å². The molecule has 6 nitrogen and oxygen atoms in total. The van der Waals surface area contributed by atoms with Crippen molar-refractivity contribution in [3.8, 4) is 11.5 Å². The summed E-state index contributed by atoms with van der Waals surface area (Å²) in [6.07, 6.45) is 0. The summed E-state index contributed by atoms with van der Waals surface area (Å²) in [5, 5.41) is 3.30. The van der Waals surface area contributed by atoms with Gasteiger partial charge in [-0.1, -0.05) is 54.6 Å². The number of rotatable bonds is 6. The number of hydrogen-bond acceptors (Lipinski definition) is 6. The molecule has 0 unspecified atom stereocenters. The molecule has 0 radical (unpaired) electrons. The molecule has 5 rings (SSSR count). The van der Waals surface area contributed by atoms with Crippen LogP contribution in [0.4, 0.5) is 0 Å². The van der Waals surface area contributed by atoms with Crippen molar-refractivity contribution in [3.63, 3.8) is 0 Å². The number of ketones is 1. The molecule has 1 aliphatic heterocycles. The summed E-state index contributed by atoms with van der Waals surface area (Å²) in [4.78, 5) is 26.6. The zero-order chi connectivity index (χ0) is 25.4. The van der Waals surface area contributed by atoms with Crippen molar-refractivity contribution in [3.05, 3.63) is 109 Å². The molecule has 3 aromatic carbocycles. The molecular formula is C29H24INO5. The predicted molar refractivity (Wildman–Crippen MR) is 145 cm³/mol. The number of carbonyl (C=O) groups excluding carboxylic acids is 2. The fourth-order valence-electron chi connectivity index (χ4n) is 4.82. The fourth-order valence-corrected chi connectivity index (χ4v) is 5.60. The van der Waals surface area contributed by atoms with E-state index in [9.17, 15) is 9.59 Å². The number of dihydropyridines is 1. The smallest absolute Gasteiger partial charge is 0.336 e. The summed E-state index contributed by atoms with van der Waals surface area (Å²) in [6.45, 7) is 2.21. The quantitative estimate of drug-likeness (QED) is 0.296. The van der Waals surface area contributed by atoms with Crippen molar-refractivity contribution in [2.24, 2.45) is 0 Å². The molecule has 0 saturated carbocycles. The Kier molecular flexibility index (Phi) is 6.57. The summed E-state index contributed by atoms with van der Waals surface area (Å²) in [6, 6.07) is 21.1. The van der Waals surface area contributed by atoms with Gasteiger partial charge < -0.3 is 19.5 Å². The van der Waals surface area contributed by atoms with Crippen LogP contribution in [0, 0.1) is 3.57 Å². The molecule has 2 aliphatic rings. The summed E-state index contributed by atoms with van der Waals surface area (Å²) >= 11 is 2.20. The largest absolute Gasteiger partial charge is 0.493 e. The number of nitrogens with one attached hydrogen (secondary N) is 1. The molecule has 0 amide bonds. The topological polar surface area (TPSA) is 73.9 Å². The molecule has 0 bridgehead atoms. The first-order valence-corrected chi connectivity index (χ1v) is 12.5. The first kappa shape index (κ1) is 24.1. The van der Waals surface area contributed by atoms with Crippen LogP contribution in [0.25, 0.3) is 5.70 Å². The zero-order valence-electron chi connectivity index (χ0n) is 20.1. The van der Waals surface area contributed by atoms with Gasteiger partial charge in [0.05, 0.1) is 29.1 Å². The number of fused-ring (bicyclic) bond motifs is 2. The lowest BCUT2D eigenvalue weighted by Gasteiger charge is -2.29. The summed E-state index contributed by atoms with van der Waals surface area (Å²) < 4.78 is 17.8. The second-order valence-corrected chi connectivity index (χ2v) is 9.72. The summed E-state index contributed by atoms with van der Waals surface area (Å²) in [5.74, 6) is -0.0863. The van der Waals surface area contributed by atoms with Crippen LogP contribution in [0.15, 0.2) is 83.6 Å². The lowest BCUT2D eigenvalue weighted by Crippen LogP contribution is -2.29. The average molecular weight is 593 g/mol. The van der Waals surface area contributed by atoms with Crippen LogP contribution in [0.5, 0.6) is 11.5 Å². The van der Waals surface area contributed by atoms with Crippen LogP contribution >= 0.6 is 22.6 Å². The molecule has 0 aromatic heterocycles. The van der Waals surface area contributed by atoms with Gasteiger partial charge in [-0.05, 0) is 52.8 Å². The van der Waals surface area contributed by atoms with E-state index < -0.39 is 11.9 Å². The third-order valence-corrected chi connectivity index (χ3v) is 7.27. The predicted octanol–water partition coefficient (Wildman–Crippen LogP) is 5.62. The Morgan fingerprint density at radius 1 is 1.00 bits per heavy atom. The molecule has 0 saturated heterocycles. The Morgan fingerprint density at radius 2 is 1.69 bits per heavy atom. The highest BCUT2D eigenvalue weighted by Gasteiger charge is 2.43. The van der Waals surface area contributed by atoms with Crippen LogP contribution in [-0.4, -0.2) is 26.0 Å². The molecule has 1 N–H and O–H groups in total. The lowest BCUT2D eigenvalue weighted by molar-refractivity contribution is -0.136. The maximum Gasteiger partial charge on any atom is 0.336 e. The van der Waals surface area contributed by atoms with E-state index in [1.54, 1.807) is 7.11 Å². The highest BCUT2D eigenvalue weighted by atomic mass is 127. The maximum atomic E-state index is 13.6. The second-order valence-electron chi connectivity index (χ2n) is 8.56. The molecule has 0 fully saturated rings. The molecule has 7 heteroatoms. The Balaban J connectivity index is 1.62. The van der Waals surface area contributed by atoms with Gasteiger partial charge in [0.25, 0.3) is 0 Å². The van der Waals surface area contributed by atoms with E-state index in [1.165, 1.54) is 7.11 Å². The number of hydrogen-bond donors (Lipinski definition) is 1. The van der Waals surface area contributed by atoms with Gasteiger partial charge in [-0.15, -0.1) is 0 Å². The molecule has 1 heterocycles. The van der Waals surface area contributed by atoms with Gasteiger partial charge >= 0.3 is 5.97 Å². The number of esters is 1. The lowest BCUT2D eigenvalue weighted by atomic mass is 9.79. The Labute approximate surface area is 223 Å². The number of carbonyl (C=O) groups is 2. The van der Waals surface area contributed by atoms with Gasteiger partial charge in [-0.3, -0.25) is 4.79 Å². The molecule has 36 heavy (non-hydrogen) atoms. The fraction of sp³-hybridized carbons (Fsp3) is 0.172. The third-order valence-electron chi connectivity index (χ3n) is 6.47. The highest BCUT2D eigenvalue weighted by molar-refractivity contribution is 14.1. The SMILES string of the molecule is COC(=O)C1=C(C)NC2=C(C(=O)c3ccccc32)[C@H]1c1cc(I)c(OCc2ccccc2)c(OC)c1. The van der Waals surface area contributed by atoms with Gasteiger partial charge in [0.15, 0.2) is 17.3 Å². The summed E-state index contributed by atoms with van der Waals surface area (Å²) in [5.41, 5.74) is 5.52. The van der Waals surface area contributed by atoms with Crippen LogP contribution in [0.1, 0.15) is 39.9 Å². The van der Waals surface area contributed by atoms with Crippen molar-refractivity contribution in [1.82, 2.24) is 5.32 Å². The van der Waals surface area contributed by atoms with E-state index in [1.807, 2.05) is 73.7 Å². The highest BCUT2D eigenvalue weighted by Crippen LogP contribution is 2.48. The van der Waals surface area contributed by atoms with Crippen molar-refractivity contribution < 1.29 is 23.8 Å². The van der Waals surface area contributed by atoms with Crippen LogP contribution in [0.2, 0.25) is 0 Å². The zero-order valence-corrected chi connectivity index (χ0v) is 22.2. The normalized spacial score (nSPS) is 16.3. The number of Topliss-reactive ketones (excluding diaryl/α,β-unsaturated/α-hetero) is 1. The molecular weight excluding hydrogens is 569 g/mol. The van der Waals surface area contributed by atoms with E-state index in [4.69, 9.17) is 14.2 Å². The van der Waals surface area contributed by atoms with E-state index in [0.29, 0.717) is 40.5 Å². The van der Waals surface area contributed by atoms with E-state index in [0.717, 1.165) is 26.0 Å². The molecule has 1 atom stereocenters. The van der Waals surface area contributed by atoms with Crippen LogP contribution < -0.4 is 14.8 Å². The standard InChI is InChI=1S/C29H24INO5/c1-16-23(29(33)35-3)24(25-26(31-16)19-11-7-8-12-20(19)27(25)32)18-13-21(30)28(22(14-18)34-2)36-15-17-9-5-4-6-10-17/h4-14,24,31H,15H2,1-3H3/t24-/m0/s1. The van der Waals surface area contributed by atoms with Gasteiger partial charge in [0.2, 0.25) is 0 Å². The van der Waals surface area contributed by atoms with Crippen LogP contribution in [-0.2, 0) is 16.1 Å². The first-order valence-electron chi connectivity index (χ1n) is 11.4. The van der Waals surface area contributed by atoms with Crippen LogP contribution in [0.3, 0.4) is 0 Å². The third kappa shape index (κ3) is 4.07. The molecule has 182 valence electrons. The number of allylic oxidation sites excluding steroid dienone is 2. The minimum atomic E-state index is -0.626. The molecule has 0 spiro atoms. The Hall–Kier alpha value is -3.59.